The molecular weight excluding hydrogens is 261 g/mol. The lowest BCUT2D eigenvalue weighted by Crippen LogP contribution is -2.16. The molecule has 1 rings (SSSR count). The molecule has 0 spiro atoms. The fraction of sp³-hybridized carbons (Fsp3) is 0.100. The summed E-state index contributed by atoms with van der Waals surface area (Å²) in [5, 5.41) is 8.04. The molecule has 1 aromatic carbocycles. The minimum absolute atomic E-state index is 0.354. The highest BCUT2D eigenvalue weighted by Crippen LogP contribution is 2.23. The van der Waals surface area contributed by atoms with Gasteiger partial charge in [0.1, 0.15) is 10.8 Å². The first-order valence-electron chi connectivity index (χ1n) is 4.24. The van der Waals surface area contributed by atoms with Crippen LogP contribution in [0.4, 0.5) is 13.2 Å². The third-order valence-electron chi connectivity index (χ3n) is 1.61. The summed E-state index contributed by atoms with van der Waals surface area (Å²) in [4.78, 5) is 10.4. The molecule has 0 unspecified atom stereocenters. The predicted molar refractivity (Wildman–Crippen MR) is 54.6 cm³/mol. The summed E-state index contributed by atoms with van der Waals surface area (Å²) in [6, 6.07) is 4.63. The number of carboxylic acids is 1. The second-order valence-corrected chi connectivity index (χ2v) is 3.32. The second kappa shape index (κ2) is 5.09. The number of benzene rings is 1. The summed E-state index contributed by atoms with van der Waals surface area (Å²) in [6.45, 7) is 0. The summed E-state index contributed by atoms with van der Waals surface area (Å²) in [5.74, 6) is -1.71. The number of carboxylic acid groups (broad SMARTS) is 1. The highest BCUT2D eigenvalue weighted by atomic mass is 35.5. The van der Waals surface area contributed by atoms with Gasteiger partial charge in [0.15, 0.2) is 0 Å². The molecule has 3 nitrogen and oxygen atoms in total. The fourth-order valence-corrected chi connectivity index (χ4v) is 1.10. The van der Waals surface area contributed by atoms with Crippen molar-refractivity contribution in [3.63, 3.8) is 0 Å². The van der Waals surface area contributed by atoms with Gasteiger partial charge in [-0.25, -0.2) is 4.79 Å². The second-order valence-electron chi connectivity index (χ2n) is 2.91. The summed E-state index contributed by atoms with van der Waals surface area (Å²) < 4.78 is 39.1. The average molecular weight is 267 g/mol. The van der Waals surface area contributed by atoms with E-state index in [9.17, 15) is 18.0 Å². The fourth-order valence-electron chi connectivity index (χ4n) is 0.974. The zero-order valence-corrected chi connectivity index (χ0v) is 8.92. The van der Waals surface area contributed by atoms with Crippen LogP contribution in [0.15, 0.2) is 29.3 Å². The maximum atomic E-state index is 11.8. The van der Waals surface area contributed by atoms with E-state index in [1.54, 1.807) is 0 Å². The minimum Gasteiger partial charge on any atom is -0.477 e. The van der Waals surface area contributed by atoms with Crippen molar-refractivity contribution in [1.29, 1.82) is 0 Å². The van der Waals surface area contributed by atoms with Gasteiger partial charge in [0.2, 0.25) is 0 Å². The molecule has 0 saturated heterocycles. The normalized spacial score (nSPS) is 12.4. The summed E-state index contributed by atoms with van der Waals surface area (Å²) in [5.41, 5.74) is 0.354. The lowest BCUT2D eigenvalue weighted by atomic mass is 10.2. The van der Waals surface area contributed by atoms with Gasteiger partial charge in [0, 0.05) is 0 Å². The Morgan fingerprint density at radius 1 is 1.29 bits per heavy atom. The highest BCUT2D eigenvalue weighted by molar-refractivity contribution is 6.42. The molecule has 0 aliphatic heterocycles. The number of hydrogen-bond donors (Lipinski definition) is 1. The molecule has 7 heteroatoms. The first-order chi connectivity index (χ1) is 7.78. The number of alkyl halides is 3. The van der Waals surface area contributed by atoms with Crippen LogP contribution in [0.1, 0.15) is 5.56 Å². The van der Waals surface area contributed by atoms with Crippen LogP contribution < -0.4 is 4.74 Å². The number of aliphatic carboxylic acids is 1. The summed E-state index contributed by atoms with van der Waals surface area (Å²) in [6.07, 6.45) is -3.64. The first kappa shape index (κ1) is 13.4. The molecular formula is C10H6ClF3O3. The van der Waals surface area contributed by atoms with E-state index in [-0.39, 0.29) is 5.75 Å². The zero-order valence-electron chi connectivity index (χ0n) is 8.16. The summed E-state index contributed by atoms with van der Waals surface area (Å²) >= 11 is 5.35. The van der Waals surface area contributed by atoms with Gasteiger partial charge in [-0.2, -0.15) is 0 Å². The minimum atomic E-state index is -4.75. The van der Waals surface area contributed by atoms with Gasteiger partial charge in [-0.05, 0) is 23.8 Å². The van der Waals surface area contributed by atoms with Crippen LogP contribution in [0.2, 0.25) is 0 Å². The van der Waals surface area contributed by atoms with Crippen LogP contribution in [0, 0.1) is 0 Å². The van der Waals surface area contributed by atoms with Crippen molar-refractivity contribution in [3.05, 3.63) is 34.9 Å². The molecule has 0 fully saturated rings. The van der Waals surface area contributed by atoms with Gasteiger partial charge >= 0.3 is 12.3 Å². The van der Waals surface area contributed by atoms with Crippen LogP contribution >= 0.6 is 11.6 Å². The monoisotopic (exact) mass is 266 g/mol. The van der Waals surface area contributed by atoms with E-state index >= 15 is 0 Å². The Kier molecular flexibility index (Phi) is 4.01. The molecule has 0 aliphatic rings. The zero-order chi connectivity index (χ0) is 13.1. The van der Waals surface area contributed by atoms with E-state index in [2.05, 4.69) is 4.74 Å². The molecule has 92 valence electrons. The van der Waals surface area contributed by atoms with E-state index in [1.165, 1.54) is 12.1 Å². The largest absolute Gasteiger partial charge is 0.573 e. The molecule has 0 amide bonds. The molecule has 0 heterocycles. The predicted octanol–water partition coefficient (Wildman–Crippen LogP) is 3.25. The Labute approximate surface area is 99.1 Å². The maximum Gasteiger partial charge on any atom is 0.573 e. The number of rotatable bonds is 3. The quantitative estimate of drug-likeness (QED) is 0.854. The van der Waals surface area contributed by atoms with Crippen LogP contribution in [-0.2, 0) is 4.79 Å². The number of carbonyl (C=O) groups is 1. The van der Waals surface area contributed by atoms with Gasteiger partial charge in [0.25, 0.3) is 0 Å². The standard InChI is InChI=1S/C10H6ClF3O3/c11-8(9(15)16)5-6-1-3-7(4-2-6)17-10(12,13)14/h1-5H,(H,15,16)/b8-5-. The Morgan fingerprint density at radius 2 is 1.82 bits per heavy atom. The van der Waals surface area contributed by atoms with Gasteiger partial charge in [-0.15, -0.1) is 13.2 Å². The third-order valence-corrected chi connectivity index (χ3v) is 1.88. The Balaban J connectivity index is 2.82. The number of hydrogen-bond acceptors (Lipinski definition) is 2. The molecule has 0 atom stereocenters. The smallest absolute Gasteiger partial charge is 0.477 e. The molecule has 1 N–H and O–H groups in total. The molecule has 0 aliphatic carbocycles. The third kappa shape index (κ3) is 4.78. The van der Waals surface area contributed by atoms with Crippen molar-refractivity contribution >= 4 is 23.6 Å². The van der Waals surface area contributed by atoms with Gasteiger partial charge < -0.3 is 9.84 Å². The van der Waals surface area contributed by atoms with Crippen molar-refractivity contribution in [2.45, 2.75) is 6.36 Å². The Bertz CT molecular complexity index is 437. The van der Waals surface area contributed by atoms with Gasteiger partial charge in [0.05, 0.1) is 0 Å². The maximum absolute atomic E-state index is 11.8. The number of ether oxygens (including phenoxy) is 1. The molecule has 1 aromatic rings. The van der Waals surface area contributed by atoms with E-state index in [0.717, 1.165) is 18.2 Å². The highest BCUT2D eigenvalue weighted by Gasteiger charge is 2.30. The van der Waals surface area contributed by atoms with Crippen molar-refractivity contribution in [1.82, 2.24) is 0 Å². The first-order valence-corrected chi connectivity index (χ1v) is 4.62. The molecule has 0 radical (unpaired) electrons. The van der Waals surface area contributed by atoms with Crippen LogP contribution in [-0.4, -0.2) is 17.4 Å². The van der Waals surface area contributed by atoms with Crippen molar-refractivity contribution in [2.75, 3.05) is 0 Å². The van der Waals surface area contributed by atoms with Crippen molar-refractivity contribution in [2.24, 2.45) is 0 Å². The van der Waals surface area contributed by atoms with Crippen molar-refractivity contribution < 1.29 is 27.8 Å². The molecule has 0 saturated carbocycles. The van der Waals surface area contributed by atoms with Gasteiger partial charge in [-0.3, -0.25) is 0 Å². The molecule has 0 bridgehead atoms. The Morgan fingerprint density at radius 3 is 2.24 bits per heavy atom. The molecule has 17 heavy (non-hydrogen) atoms. The molecule has 0 aromatic heterocycles. The number of halogens is 4. The van der Waals surface area contributed by atoms with Crippen LogP contribution in [0.5, 0.6) is 5.75 Å². The van der Waals surface area contributed by atoms with E-state index in [4.69, 9.17) is 16.7 Å². The summed E-state index contributed by atoms with van der Waals surface area (Å²) in [7, 11) is 0. The van der Waals surface area contributed by atoms with E-state index in [0.29, 0.717) is 5.56 Å². The van der Waals surface area contributed by atoms with Crippen molar-refractivity contribution in [3.8, 4) is 5.75 Å². The SMILES string of the molecule is O=C(O)/C(Cl)=C/c1ccc(OC(F)(F)F)cc1. The van der Waals surface area contributed by atoms with Crippen LogP contribution in [0.25, 0.3) is 6.08 Å². The van der Waals surface area contributed by atoms with Gasteiger partial charge in [-0.1, -0.05) is 23.7 Å². The van der Waals surface area contributed by atoms with E-state index < -0.39 is 17.4 Å². The topological polar surface area (TPSA) is 46.5 Å². The van der Waals surface area contributed by atoms with E-state index in [1.807, 2.05) is 0 Å². The Hall–Kier alpha value is -1.69. The average Bonchev–Trinajstić information content (AvgIpc) is 2.18. The lowest BCUT2D eigenvalue weighted by molar-refractivity contribution is -0.274. The van der Waals surface area contributed by atoms with Crippen LogP contribution in [0.3, 0.4) is 0 Å². The lowest BCUT2D eigenvalue weighted by Gasteiger charge is -2.08.